The Morgan fingerprint density at radius 1 is 1.10 bits per heavy atom. The van der Waals surface area contributed by atoms with Crippen LogP contribution in [0.3, 0.4) is 0 Å². The third-order valence-corrected chi connectivity index (χ3v) is 4.07. The van der Waals surface area contributed by atoms with Gasteiger partial charge in [-0.2, -0.15) is 0 Å². The summed E-state index contributed by atoms with van der Waals surface area (Å²) in [7, 11) is -4.49. The first-order chi connectivity index (χ1) is 9.48. The van der Waals surface area contributed by atoms with E-state index in [9.17, 15) is 9.46 Å². The maximum atomic E-state index is 11.8. The highest BCUT2D eigenvalue weighted by molar-refractivity contribution is 9.08. The normalized spacial score (nSPS) is 13.6. The second-order valence-electron chi connectivity index (χ2n) is 3.86. The molecule has 0 spiro atoms. The molecule has 0 aliphatic rings. The minimum atomic E-state index is -4.49. The van der Waals surface area contributed by atoms with E-state index in [1.165, 1.54) is 24.3 Å². The summed E-state index contributed by atoms with van der Waals surface area (Å²) in [6, 6.07) is 12.7. The molecule has 1 atom stereocenters. The van der Waals surface area contributed by atoms with E-state index in [2.05, 4.69) is 15.9 Å². The summed E-state index contributed by atoms with van der Waals surface area (Å²) in [5.74, 6) is 0.346. The molecule has 2 aromatic rings. The van der Waals surface area contributed by atoms with E-state index < -0.39 is 7.82 Å². The monoisotopic (exact) mass is 375 g/mol. The maximum absolute atomic E-state index is 11.8. The average molecular weight is 377 g/mol. The number of hydrogen-bond donors (Lipinski definition) is 0. The molecule has 0 aliphatic heterocycles. The zero-order chi connectivity index (χ0) is 14.6. The molecule has 7 heteroatoms. The third kappa shape index (κ3) is 4.53. The highest BCUT2D eigenvalue weighted by Crippen LogP contribution is 2.40. The minimum Gasteiger partial charge on any atom is -0.736 e. The molecule has 106 valence electrons. The van der Waals surface area contributed by atoms with Crippen LogP contribution in [-0.2, 0) is 9.90 Å². The van der Waals surface area contributed by atoms with E-state index in [0.717, 1.165) is 5.56 Å². The van der Waals surface area contributed by atoms with Crippen molar-refractivity contribution in [2.24, 2.45) is 0 Å². The molecule has 0 radical (unpaired) electrons. The summed E-state index contributed by atoms with van der Waals surface area (Å²) < 4.78 is 21.5. The van der Waals surface area contributed by atoms with Gasteiger partial charge < -0.3 is 13.9 Å². The number of phosphoric ester groups is 1. The van der Waals surface area contributed by atoms with Crippen molar-refractivity contribution in [1.29, 1.82) is 0 Å². The predicted octanol–water partition coefficient (Wildman–Crippen LogP) is 4.16. The van der Waals surface area contributed by atoms with Gasteiger partial charge in [-0.25, -0.2) is 4.57 Å². The molecule has 4 nitrogen and oxygen atoms in total. The highest BCUT2D eigenvalue weighted by Gasteiger charge is 2.13. The Morgan fingerprint density at radius 3 is 2.40 bits per heavy atom. The van der Waals surface area contributed by atoms with Crippen molar-refractivity contribution < 1.29 is 18.5 Å². The Morgan fingerprint density at radius 2 is 1.75 bits per heavy atom. The summed E-state index contributed by atoms with van der Waals surface area (Å²) in [6.07, 6.45) is 0. The first-order valence-electron chi connectivity index (χ1n) is 5.59. The molecule has 20 heavy (non-hydrogen) atoms. The molecule has 0 aromatic heterocycles. The SMILES string of the molecule is O=P([O-])(Oc1ccc(Cl)cc1)Oc1cccc(CBr)c1. The van der Waals surface area contributed by atoms with Gasteiger partial charge in [-0.05, 0) is 42.0 Å². The van der Waals surface area contributed by atoms with Gasteiger partial charge in [0.05, 0.1) is 0 Å². The lowest BCUT2D eigenvalue weighted by Crippen LogP contribution is -2.13. The van der Waals surface area contributed by atoms with Crippen molar-refractivity contribution in [3.05, 3.63) is 59.1 Å². The van der Waals surface area contributed by atoms with E-state index in [1.807, 2.05) is 6.07 Å². The summed E-state index contributed by atoms with van der Waals surface area (Å²) >= 11 is 8.99. The number of benzene rings is 2. The molecule has 2 aromatic carbocycles. The van der Waals surface area contributed by atoms with Crippen LogP contribution in [0, 0.1) is 0 Å². The molecule has 0 saturated heterocycles. The summed E-state index contributed by atoms with van der Waals surface area (Å²) in [5.41, 5.74) is 0.897. The largest absolute Gasteiger partial charge is 0.736 e. The van der Waals surface area contributed by atoms with E-state index >= 15 is 0 Å². The molecule has 0 saturated carbocycles. The molecule has 0 fully saturated rings. The van der Waals surface area contributed by atoms with Crippen LogP contribution < -0.4 is 13.9 Å². The second kappa shape index (κ2) is 6.64. The van der Waals surface area contributed by atoms with Crippen LogP contribution in [-0.4, -0.2) is 0 Å². The molecule has 2 rings (SSSR count). The van der Waals surface area contributed by atoms with Gasteiger partial charge in [0, 0.05) is 10.4 Å². The zero-order valence-electron chi connectivity index (χ0n) is 10.2. The molecule has 0 amide bonds. The van der Waals surface area contributed by atoms with Crippen molar-refractivity contribution in [2.45, 2.75) is 5.33 Å². The van der Waals surface area contributed by atoms with E-state index in [0.29, 0.717) is 10.4 Å². The lowest BCUT2D eigenvalue weighted by atomic mass is 10.2. The van der Waals surface area contributed by atoms with Crippen LogP contribution in [0.15, 0.2) is 48.5 Å². The van der Waals surface area contributed by atoms with Gasteiger partial charge in [0.15, 0.2) is 0 Å². The van der Waals surface area contributed by atoms with Crippen LogP contribution >= 0.6 is 35.4 Å². The zero-order valence-corrected chi connectivity index (χ0v) is 13.4. The number of alkyl halides is 1. The topological polar surface area (TPSA) is 58.6 Å². The van der Waals surface area contributed by atoms with E-state index in [-0.39, 0.29) is 11.5 Å². The molecule has 0 aliphatic carbocycles. The quantitative estimate of drug-likeness (QED) is 0.581. The fraction of sp³-hybridized carbons (Fsp3) is 0.0769. The Labute approximate surface area is 130 Å². The fourth-order valence-corrected chi connectivity index (χ4v) is 2.72. The number of halogens is 2. The fourth-order valence-electron chi connectivity index (χ4n) is 1.46. The van der Waals surface area contributed by atoms with Crippen LogP contribution in [0.4, 0.5) is 0 Å². The molecule has 0 bridgehead atoms. The summed E-state index contributed by atoms with van der Waals surface area (Å²) in [4.78, 5) is 11.8. The van der Waals surface area contributed by atoms with Gasteiger partial charge in [-0.3, -0.25) is 0 Å². The Hall–Kier alpha value is -1.000. The second-order valence-corrected chi connectivity index (χ2v) is 6.12. The number of hydrogen-bond acceptors (Lipinski definition) is 4. The first kappa shape index (κ1) is 15.4. The Bertz CT molecular complexity index is 633. The molecular weight excluding hydrogens is 366 g/mol. The lowest BCUT2D eigenvalue weighted by molar-refractivity contribution is -0.208. The minimum absolute atomic E-state index is 0.143. The highest BCUT2D eigenvalue weighted by atomic mass is 79.9. The van der Waals surface area contributed by atoms with Crippen molar-refractivity contribution >= 4 is 35.4 Å². The smallest absolute Gasteiger partial charge is 0.372 e. The van der Waals surface area contributed by atoms with Crippen LogP contribution in [0.25, 0.3) is 0 Å². The van der Waals surface area contributed by atoms with Gasteiger partial charge in [0.25, 0.3) is 0 Å². The Kier molecular flexibility index (Phi) is 5.11. The van der Waals surface area contributed by atoms with Gasteiger partial charge in [0.2, 0.25) is 0 Å². The first-order valence-corrected chi connectivity index (χ1v) is 8.55. The molecule has 1 unspecified atom stereocenters. The molecule has 0 heterocycles. The van der Waals surface area contributed by atoms with Crippen molar-refractivity contribution in [2.75, 3.05) is 0 Å². The van der Waals surface area contributed by atoms with Gasteiger partial charge in [-0.1, -0.05) is 39.7 Å². The van der Waals surface area contributed by atoms with E-state index in [4.69, 9.17) is 20.6 Å². The van der Waals surface area contributed by atoms with Crippen molar-refractivity contribution in [1.82, 2.24) is 0 Å². The average Bonchev–Trinajstić information content (AvgIpc) is 2.41. The van der Waals surface area contributed by atoms with Crippen LogP contribution in [0.2, 0.25) is 5.02 Å². The Balaban J connectivity index is 2.10. The molecular formula is C13H10BrClO4P-. The van der Waals surface area contributed by atoms with Crippen LogP contribution in [0.5, 0.6) is 11.5 Å². The number of rotatable bonds is 5. The van der Waals surface area contributed by atoms with Crippen molar-refractivity contribution in [3.63, 3.8) is 0 Å². The summed E-state index contributed by atoms with van der Waals surface area (Å²) in [5, 5.41) is 1.09. The predicted molar refractivity (Wildman–Crippen MR) is 79.4 cm³/mol. The third-order valence-electron chi connectivity index (χ3n) is 2.30. The summed E-state index contributed by atoms with van der Waals surface area (Å²) in [6.45, 7) is 0. The lowest BCUT2D eigenvalue weighted by Gasteiger charge is -2.23. The van der Waals surface area contributed by atoms with Crippen LogP contribution in [0.1, 0.15) is 5.56 Å². The van der Waals surface area contributed by atoms with Gasteiger partial charge >= 0.3 is 7.82 Å². The van der Waals surface area contributed by atoms with Gasteiger partial charge in [0.1, 0.15) is 11.5 Å². The van der Waals surface area contributed by atoms with E-state index in [1.54, 1.807) is 18.2 Å². The van der Waals surface area contributed by atoms with Gasteiger partial charge in [-0.15, -0.1) is 0 Å². The number of phosphoric acid groups is 1. The molecule has 0 N–H and O–H groups in total. The maximum Gasteiger partial charge on any atom is 0.372 e. The van der Waals surface area contributed by atoms with Crippen molar-refractivity contribution in [3.8, 4) is 11.5 Å². The standard InChI is InChI=1S/C13H11BrClO4P/c14-9-10-2-1-3-13(8-10)19-20(16,17)18-12-6-4-11(15)5-7-12/h1-8H,9H2,(H,16,17)/p-1.